The second-order valence-corrected chi connectivity index (χ2v) is 4.96. The highest BCUT2D eigenvalue weighted by molar-refractivity contribution is 7.89. The molecule has 0 aliphatic carbocycles. The van der Waals surface area contributed by atoms with Gasteiger partial charge in [-0.2, -0.15) is 0 Å². The zero-order valence-electron chi connectivity index (χ0n) is 8.39. The lowest BCUT2D eigenvalue weighted by Gasteiger charge is -2.03. The molecule has 0 saturated carbocycles. The van der Waals surface area contributed by atoms with Crippen LogP contribution in [0.15, 0.2) is 24.5 Å². The number of pyridine rings is 1. The van der Waals surface area contributed by atoms with E-state index in [1.54, 1.807) is 12.4 Å². The topological polar surface area (TPSA) is 85.1 Å². The number of aromatic nitrogens is 1. The highest BCUT2D eigenvalue weighted by atomic mass is 32.2. The van der Waals surface area contributed by atoms with Crippen molar-refractivity contribution < 1.29 is 8.42 Å². The third kappa shape index (κ3) is 6.16. The fourth-order valence-electron chi connectivity index (χ4n) is 1.12. The number of hydrogen-bond donors (Lipinski definition) is 2. The predicted octanol–water partition coefficient (Wildman–Crippen LogP) is -0.498. The Balaban J connectivity index is 2.13. The zero-order valence-corrected chi connectivity index (χ0v) is 9.20. The first-order valence-corrected chi connectivity index (χ1v) is 6.39. The van der Waals surface area contributed by atoms with Gasteiger partial charge in [0.2, 0.25) is 10.0 Å². The Hall–Kier alpha value is -0.980. The summed E-state index contributed by atoms with van der Waals surface area (Å²) in [6, 6.07) is 3.86. The van der Waals surface area contributed by atoms with Crippen molar-refractivity contribution >= 4 is 10.0 Å². The Kier molecular flexibility index (Phi) is 4.67. The van der Waals surface area contributed by atoms with Crippen LogP contribution >= 0.6 is 0 Å². The Bertz CT molecular complexity index is 378. The van der Waals surface area contributed by atoms with Crippen molar-refractivity contribution in [2.75, 3.05) is 18.8 Å². The summed E-state index contributed by atoms with van der Waals surface area (Å²) in [5.74, 6) is -0.0245. The second kappa shape index (κ2) is 5.79. The van der Waals surface area contributed by atoms with Gasteiger partial charge in [0, 0.05) is 18.9 Å². The minimum Gasteiger partial charge on any atom is -0.315 e. The van der Waals surface area contributed by atoms with Crippen LogP contribution in [0.4, 0.5) is 0 Å². The van der Waals surface area contributed by atoms with Crippen LogP contribution in [0.3, 0.4) is 0 Å². The van der Waals surface area contributed by atoms with Crippen LogP contribution < -0.4 is 10.5 Å². The molecule has 1 rings (SSSR count). The summed E-state index contributed by atoms with van der Waals surface area (Å²) in [5.41, 5.74) is 1.17. The van der Waals surface area contributed by atoms with E-state index < -0.39 is 10.0 Å². The quantitative estimate of drug-likeness (QED) is 0.644. The van der Waals surface area contributed by atoms with Gasteiger partial charge in [-0.1, -0.05) is 0 Å². The number of nitrogens with zero attached hydrogens (tertiary/aromatic N) is 1. The van der Waals surface area contributed by atoms with Crippen molar-refractivity contribution in [3.63, 3.8) is 0 Å². The summed E-state index contributed by atoms with van der Waals surface area (Å²) in [5, 5.41) is 7.86. The maximum atomic E-state index is 10.6. The number of hydrogen-bond acceptors (Lipinski definition) is 4. The van der Waals surface area contributed by atoms with Gasteiger partial charge >= 0.3 is 0 Å². The van der Waals surface area contributed by atoms with Gasteiger partial charge in [-0.15, -0.1) is 0 Å². The van der Waals surface area contributed by atoms with Gasteiger partial charge in [-0.05, 0) is 30.7 Å². The highest BCUT2D eigenvalue weighted by Crippen LogP contribution is 1.95. The minimum absolute atomic E-state index is 0.0245. The van der Waals surface area contributed by atoms with Gasteiger partial charge in [0.25, 0.3) is 0 Å². The molecule has 3 N–H and O–H groups in total. The molecular formula is C9H15N3O2S. The van der Waals surface area contributed by atoms with Crippen LogP contribution in [-0.2, 0) is 16.4 Å². The number of nitrogens with one attached hydrogen (secondary N) is 1. The Morgan fingerprint density at radius 2 is 1.93 bits per heavy atom. The monoisotopic (exact) mass is 229 g/mol. The van der Waals surface area contributed by atoms with Crippen LogP contribution in [0.1, 0.15) is 5.56 Å². The van der Waals surface area contributed by atoms with Crippen LogP contribution in [0.2, 0.25) is 0 Å². The zero-order chi connectivity index (χ0) is 11.1. The summed E-state index contributed by atoms with van der Waals surface area (Å²) in [4.78, 5) is 3.91. The largest absolute Gasteiger partial charge is 0.315 e. The molecule has 0 radical (unpaired) electrons. The molecule has 0 fully saturated rings. The Morgan fingerprint density at radius 1 is 1.27 bits per heavy atom. The Labute approximate surface area is 89.8 Å². The van der Waals surface area contributed by atoms with E-state index in [1.165, 1.54) is 5.56 Å². The lowest BCUT2D eigenvalue weighted by Crippen LogP contribution is -2.28. The molecule has 0 spiro atoms. The molecule has 0 atom stereocenters. The number of primary sulfonamides is 1. The van der Waals surface area contributed by atoms with E-state index in [1.807, 2.05) is 12.1 Å². The SMILES string of the molecule is NS(=O)(=O)CCNCCc1ccncc1. The van der Waals surface area contributed by atoms with Gasteiger partial charge in [-0.25, -0.2) is 13.6 Å². The molecule has 5 nitrogen and oxygen atoms in total. The first-order valence-electron chi connectivity index (χ1n) is 4.68. The molecule has 84 valence electrons. The standard InChI is InChI=1S/C9H15N3O2S/c10-15(13,14)8-7-12-6-3-9-1-4-11-5-2-9/h1-2,4-5,12H,3,6-8H2,(H2,10,13,14). The Morgan fingerprint density at radius 3 is 2.53 bits per heavy atom. The highest BCUT2D eigenvalue weighted by Gasteiger charge is 2.00. The van der Waals surface area contributed by atoms with Crippen LogP contribution in [0.5, 0.6) is 0 Å². The molecular weight excluding hydrogens is 214 g/mol. The summed E-state index contributed by atoms with van der Waals surface area (Å²) in [7, 11) is -3.34. The summed E-state index contributed by atoms with van der Waals surface area (Å²) in [6.45, 7) is 1.13. The average molecular weight is 229 g/mol. The maximum Gasteiger partial charge on any atom is 0.210 e. The molecule has 0 aliphatic heterocycles. The van der Waals surface area contributed by atoms with E-state index in [0.717, 1.165) is 13.0 Å². The first-order chi connectivity index (χ1) is 7.08. The van der Waals surface area contributed by atoms with Crippen molar-refractivity contribution in [2.24, 2.45) is 5.14 Å². The molecule has 0 saturated heterocycles. The average Bonchev–Trinajstić information content (AvgIpc) is 2.17. The molecule has 6 heteroatoms. The fourth-order valence-corrected chi connectivity index (χ4v) is 1.55. The van der Waals surface area contributed by atoms with E-state index in [-0.39, 0.29) is 5.75 Å². The van der Waals surface area contributed by atoms with Crippen molar-refractivity contribution in [1.29, 1.82) is 0 Å². The molecule has 0 aliphatic rings. The number of rotatable bonds is 6. The van der Waals surface area contributed by atoms with E-state index in [9.17, 15) is 8.42 Å². The predicted molar refractivity (Wildman–Crippen MR) is 58.8 cm³/mol. The van der Waals surface area contributed by atoms with Gasteiger partial charge < -0.3 is 5.32 Å². The second-order valence-electron chi connectivity index (χ2n) is 3.22. The lowest BCUT2D eigenvalue weighted by atomic mass is 10.2. The smallest absolute Gasteiger partial charge is 0.210 e. The van der Waals surface area contributed by atoms with Gasteiger partial charge in [0.15, 0.2) is 0 Å². The third-order valence-electron chi connectivity index (χ3n) is 1.90. The van der Waals surface area contributed by atoms with Crippen molar-refractivity contribution in [1.82, 2.24) is 10.3 Å². The molecule has 1 aromatic rings. The lowest BCUT2D eigenvalue weighted by molar-refractivity contribution is 0.592. The van der Waals surface area contributed by atoms with Crippen LogP contribution in [0, 0.1) is 0 Å². The summed E-state index contributed by atoms with van der Waals surface area (Å²) >= 11 is 0. The van der Waals surface area contributed by atoms with Crippen LogP contribution in [0.25, 0.3) is 0 Å². The van der Waals surface area contributed by atoms with E-state index >= 15 is 0 Å². The third-order valence-corrected chi connectivity index (χ3v) is 2.68. The first kappa shape index (κ1) is 12.1. The summed E-state index contributed by atoms with van der Waals surface area (Å²) in [6.07, 6.45) is 4.33. The number of nitrogens with two attached hydrogens (primary N) is 1. The molecule has 0 bridgehead atoms. The van der Waals surface area contributed by atoms with E-state index in [4.69, 9.17) is 5.14 Å². The molecule has 1 aromatic heterocycles. The molecule has 0 aromatic carbocycles. The van der Waals surface area contributed by atoms with E-state index in [2.05, 4.69) is 10.3 Å². The van der Waals surface area contributed by atoms with Crippen molar-refractivity contribution in [3.05, 3.63) is 30.1 Å². The minimum atomic E-state index is -3.34. The van der Waals surface area contributed by atoms with Gasteiger partial charge in [0.1, 0.15) is 0 Å². The fraction of sp³-hybridized carbons (Fsp3) is 0.444. The van der Waals surface area contributed by atoms with E-state index in [0.29, 0.717) is 6.54 Å². The van der Waals surface area contributed by atoms with Crippen molar-refractivity contribution in [2.45, 2.75) is 6.42 Å². The van der Waals surface area contributed by atoms with Gasteiger partial charge in [-0.3, -0.25) is 4.98 Å². The van der Waals surface area contributed by atoms with Crippen LogP contribution in [-0.4, -0.2) is 32.2 Å². The number of sulfonamides is 1. The maximum absolute atomic E-state index is 10.6. The van der Waals surface area contributed by atoms with Gasteiger partial charge in [0.05, 0.1) is 5.75 Å². The normalized spacial score (nSPS) is 11.5. The molecule has 1 heterocycles. The molecule has 0 amide bonds. The van der Waals surface area contributed by atoms with Crippen molar-refractivity contribution in [3.8, 4) is 0 Å². The molecule has 15 heavy (non-hydrogen) atoms. The summed E-state index contributed by atoms with van der Waals surface area (Å²) < 4.78 is 21.2. The molecule has 0 unspecified atom stereocenters.